The van der Waals surface area contributed by atoms with Crippen LogP contribution in [0.25, 0.3) is 0 Å². The Morgan fingerprint density at radius 3 is 1.27 bits per heavy atom. The molecule has 0 heterocycles. The Morgan fingerprint density at radius 1 is 0.654 bits per heavy atom. The summed E-state index contributed by atoms with van der Waals surface area (Å²) in [5.74, 6) is -4.96. The van der Waals surface area contributed by atoms with Crippen LogP contribution in [0.2, 0.25) is 0 Å². The largest absolute Gasteiger partial charge is 0.481 e. The van der Waals surface area contributed by atoms with Crippen LogP contribution < -0.4 is 10.6 Å². The van der Waals surface area contributed by atoms with E-state index in [4.69, 9.17) is 29.9 Å². The first-order valence-electron chi connectivity index (χ1n) is 7.75. The molecule has 26 heavy (non-hydrogen) atoms. The van der Waals surface area contributed by atoms with Gasteiger partial charge in [-0.1, -0.05) is 0 Å². The molecule has 12 nitrogen and oxygen atoms in total. The molecular weight excluding hydrogens is 356 g/mol. The molecule has 0 aliphatic rings. The average Bonchev–Trinajstić information content (AvgIpc) is 2.53. The van der Waals surface area contributed by atoms with E-state index in [1.54, 1.807) is 0 Å². The summed E-state index contributed by atoms with van der Waals surface area (Å²) < 4.78 is 10.3. The second-order valence-corrected chi connectivity index (χ2v) is 5.11. The zero-order valence-electron chi connectivity index (χ0n) is 14.0. The van der Waals surface area contributed by atoms with Crippen LogP contribution in [0.3, 0.4) is 0 Å². The molecule has 0 aromatic heterocycles. The predicted octanol–water partition coefficient (Wildman–Crippen LogP) is -1.95. The Kier molecular flexibility index (Phi) is 12.7. The third-order valence-corrected chi connectivity index (χ3v) is 3.00. The van der Waals surface area contributed by atoms with E-state index in [9.17, 15) is 19.2 Å². The summed E-state index contributed by atoms with van der Waals surface area (Å²) in [6.45, 7) is 1.03. The predicted molar refractivity (Wildman–Crippen MR) is 85.0 cm³/mol. The Morgan fingerprint density at radius 2 is 1.00 bits per heavy atom. The summed E-state index contributed by atoms with van der Waals surface area (Å²) in [5.41, 5.74) is 0. The molecule has 0 spiro atoms. The number of carboxylic acid groups (broad SMARTS) is 4. The van der Waals surface area contributed by atoms with Crippen molar-refractivity contribution in [2.75, 3.05) is 39.5 Å². The van der Waals surface area contributed by atoms with Crippen molar-refractivity contribution in [2.45, 2.75) is 24.9 Å². The molecule has 0 amide bonds. The van der Waals surface area contributed by atoms with E-state index >= 15 is 0 Å². The van der Waals surface area contributed by atoms with Gasteiger partial charge in [-0.25, -0.2) is 0 Å². The van der Waals surface area contributed by atoms with E-state index in [2.05, 4.69) is 10.6 Å². The fraction of sp³-hybridized carbons (Fsp3) is 0.714. The number of hydrogen-bond donors (Lipinski definition) is 6. The number of aliphatic carboxylic acids is 4. The zero-order valence-corrected chi connectivity index (χ0v) is 14.0. The lowest BCUT2D eigenvalue weighted by molar-refractivity contribution is -0.146. The highest BCUT2D eigenvalue weighted by Crippen LogP contribution is 1.93. The highest BCUT2D eigenvalue weighted by atomic mass is 16.5. The SMILES string of the molecule is O=C(O)CC(NCCOCCOCCNC(CC(=O)O)C(=O)O)C(=O)O. The number of carboxylic acids is 4. The molecule has 0 aromatic rings. The lowest BCUT2D eigenvalue weighted by atomic mass is 10.2. The summed E-state index contributed by atoms with van der Waals surface area (Å²) in [6, 6.07) is -2.38. The molecule has 0 saturated heterocycles. The van der Waals surface area contributed by atoms with Gasteiger partial charge in [-0.05, 0) is 0 Å². The van der Waals surface area contributed by atoms with Gasteiger partial charge in [0.1, 0.15) is 12.1 Å². The summed E-state index contributed by atoms with van der Waals surface area (Å²) in [6.07, 6.45) is -1.07. The van der Waals surface area contributed by atoms with Crippen LogP contribution in [0.4, 0.5) is 0 Å². The molecule has 0 rings (SSSR count). The summed E-state index contributed by atoms with van der Waals surface area (Å²) in [5, 5.41) is 39.8. The quantitative estimate of drug-likeness (QED) is 0.153. The van der Waals surface area contributed by atoms with E-state index < -0.39 is 48.8 Å². The molecule has 12 heteroatoms. The number of rotatable bonds is 17. The van der Waals surface area contributed by atoms with Crippen molar-refractivity contribution < 1.29 is 49.1 Å². The van der Waals surface area contributed by atoms with Crippen LogP contribution in [0.1, 0.15) is 12.8 Å². The maximum absolute atomic E-state index is 10.8. The van der Waals surface area contributed by atoms with Gasteiger partial charge in [0.05, 0.1) is 39.3 Å². The maximum Gasteiger partial charge on any atom is 0.321 e. The van der Waals surface area contributed by atoms with E-state index in [1.165, 1.54) is 0 Å². The minimum absolute atomic E-state index is 0.154. The van der Waals surface area contributed by atoms with Crippen molar-refractivity contribution in [3.63, 3.8) is 0 Å². The van der Waals surface area contributed by atoms with Crippen LogP contribution >= 0.6 is 0 Å². The third kappa shape index (κ3) is 13.1. The van der Waals surface area contributed by atoms with Gasteiger partial charge in [0.25, 0.3) is 0 Å². The van der Waals surface area contributed by atoms with Gasteiger partial charge in [-0.2, -0.15) is 0 Å². The minimum atomic E-state index is -1.26. The number of ether oxygens (including phenoxy) is 2. The molecular formula is C14H24N2O10. The van der Waals surface area contributed by atoms with Crippen LogP contribution in [0.15, 0.2) is 0 Å². The number of carbonyl (C=O) groups is 4. The molecule has 0 bridgehead atoms. The molecule has 150 valence electrons. The summed E-state index contributed by atoms with van der Waals surface area (Å²) in [7, 11) is 0. The lowest BCUT2D eigenvalue weighted by Gasteiger charge is -2.13. The smallest absolute Gasteiger partial charge is 0.321 e. The van der Waals surface area contributed by atoms with Gasteiger partial charge in [0.2, 0.25) is 0 Å². The van der Waals surface area contributed by atoms with Crippen molar-refractivity contribution >= 4 is 23.9 Å². The molecule has 6 N–H and O–H groups in total. The first-order chi connectivity index (χ1) is 12.2. The van der Waals surface area contributed by atoms with Crippen molar-refractivity contribution in [3.8, 4) is 0 Å². The highest BCUT2D eigenvalue weighted by molar-refractivity contribution is 5.81. The fourth-order valence-corrected chi connectivity index (χ4v) is 1.78. The molecule has 2 unspecified atom stereocenters. The van der Waals surface area contributed by atoms with Crippen molar-refractivity contribution in [1.82, 2.24) is 10.6 Å². The van der Waals surface area contributed by atoms with Crippen LogP contribution in [0, 0.1) is 0 Å². The zero-order chi connectivity index (χ0) is 19.9. The highest BCUT2D eigenvalue weighted by Gasteiger charge is 2.20. The molecule has 0 aromatic carbocycles. The van der Waals surface area contributed by atoms with Crippen molar-refractivity contribution in [3.05, 3.63) is 0 Å². The van der Waals surface area contributed by atoms with E-state index in [0.29, 0.717) is 0 Å². The molecule has 2 atom stereocenters. The van der Waals surface area contributed by atoms with Crippen LogP contribution in [-0.4, -0.2) is 95.9 Å². The topological polar surface area (TPSA) is 192 Å². The van der Waals surface area contributed by atoms with E-state index in [0.717, 1.165) is 0 Å². The van der Waals surface area contributed by atoms with Gasteiger partial charge in [-0.15, -0.1) is 0 Å². The first-order valence-corrected chi connectivity index (χ1v) is 7.75. The standard InChI is InChI=1S/C14H24N2O10/c17-11(18)7-9(13(21)22)15-1-3-25-5-6-26-4-2-16-10(14(23)24)8-12(19)20/h9-10,15-16H,1-8H2,(H,17,18)(H,19,20)(H,21,22)(H,23,24). The van der Waals surface area contributed by atoms with Crippen LogP contribution in [-0.2, 0) is 28.7 Å². The Balaban J connectivity index is 3.64. The minimum Gasteiger partial charge on any atom is -0.481 e. The lowest BCUT2D eigenvalue weighted by Crippen LogP contribution is -2.40. The van der Waals surface area contributed by atoms with Crippen molar-refractivity contribution in [2.24, 2.45) is 0 Å². The summed E-state index contributed by atoms with van der Waals surface area (Å²) >= 11 is 0. The Hall–Kier alpha value is -2.28. The third-order valence-electron chi connectivity index (χ3n) is 3.00. The number of nitrogens with one attached hydrogen (secondary N) is 2. The second kappa shape index (κ2) is 13.9. The average molecular weight is 380 g/mol. The summed E-state index contributed by atoms with van der Waals surface area (Å²) in [4.78, 5) is 42.6. The van der Waals surface area contributed by atoms with Crippen LogP contribution in [0.5, 0.6) is 0 Å². The molecule has 0 aliphatic carbocycles. The first kappa shape index (κ1) is 23.7. The van der Waals surface area contributed by atoms with Crippen molar-refractivity contribution in [1.29, 1.82) is 0 Å². The molecule has 0 saturated carbocycles. The number of hydrogen-bond acceptors (Lipinski definition) is 8. The van der Waals surface area contributed by atoms with Gasteiger partial charge >= 0.3 is 23.9 Å². The normalized spacial score (nSPS) is 13.1. The molecule has 0 fully saturated rings. The maximum atomic E-state index is 10.8. The van der Waals surface area contributed by atoms with Gasteiger partial charge < -0.3 is 40.5 Å². The molecule has 0 aliphatic heterocycles. The fourth-order valence-electron chi connectivity index (χ4n) is 1.78. The second-order valence-electron chi connectivity index (χ2n) is 5.11. The Bertz CT molecular complexity index is 429. The Labute approximate surface area is 149 Å². The van der Waals surface area contributed by atoms with Gasteiger partial charge in [0.15, 0.2) is 0 Å². The monoisotopic (exact) mass is 380 g/mol. The van der Waals surface area contributed by atoms with Gasteiger partial charge in [0, 0.05) is 13.1 Å². The van der Waals surface area contributed by atoms with E-state index in [-0.39, 0.29) is 39.5 Å². The van der Waals surface area contributed by atoms with Gasteiger partial charge in [-0.3, -0.25) is 19.2 Å². The van der Waals surface area contributed by atoms with E-state index in [1.807, 2.05) is 0 Å². The molecule has 0 radical (unpaired) electrons.